The molecule has 0 bridgehead atoms. The SMILES string of the molecule is CC(C)CC(C)N(C)c1cc(Cl)nc(C2CC2)n1. The third-order valence-electron chi connectivity index (χ3n) is 3.48. The highest BCUT2D eigenvalue weighted by Crippen LogP contribution is 2.39. The topological polar surface area (TPSA) is 29.0 Å². The molecule has 1 unspecified atom stereocenters. The summed E-state index contributed by atoms with van der Waals surface area (Å²) >= 11 is 6.10. The van der Waals surface area contributed by atoms with Crippen molar-refractivity contribution in [2.24, 2.45) is 5.92 Å². The molecule has 1 saturated carbocycles. The van der Waals surface area contributed by atoms with E-state index in [0.29, 0.717) is 23.0 Å². The van der Waals surface area contributed by atoms with Gasteiger partial charge >= 0.3 is 0 Å². The highest BCUT2D eigenvalue weighted by molar-refractivity contribution is 6.29. The quantitative estimate of drug-likeness (QED) is 0.758. The van der Waals surface area contributed by atoms with Crippen molar-refractivity contribution in [3.05, 3.63) is 17.0 Å². The third kappa shape index (κ3) is 3.35. The summed E-state index contributed by atoms with van der Waals surface area (Å²) in [5.41, 5.74) is 0. The van der Waals surface area contributed by atoms with Crippen molar-refractivity contribution >= 4 is 17.4 Å². The first-order valence-corrected chi connectivity index (χ1v) is 7.12. The lowest BCUT2D eigenvalue weighted by molar-refractivity contribution is 0.501. The summed E-state index contributed by atoms with van der Waals surface area (Å²) in [5.74, 6) is 3.09. The number of anilines is 1. The predicted octanol–water partition coefficient (Wildman–Crippen LogP) is 3.88. The smallest absolute Gasteiger partial charge is 0.135 e. The molecule has 1 atom stereocenters. The molecule has 1 aliphatic carbocycles. The van der Waals surface area contributed by atoms with Gasteiger partial charge in [-0.05, 0) is 32.1 Å². The van der Waals surface area contributed by atoms with Crippen LogP contribution in [-0.4, -0.2) is 23.1 Å². The molecule has 0 aliphatic heterocycles. The van der Waals surface area contributed by atoms with Crippen LogP contribution < -0.4 is 4.90 Å². The van der Waals surface area contributed by atoms with Gasteiger partial charge < -0.3 is 4.90 Å². The van der Waals surface area contributed by atoms with E-state index in [2.05, 4.69) is 42.7 Å². The van der Waals surface area contributed by atoms with Gasteiger partial charge in [0, 0.05) is 25.1 Å². The van der Waals surface area contributed by atoms with Gasteiger partial charge in [0.2, 0.25) is 0 Å². The molecule has 1 fully saturated rings. The number of aromatic nitrogens is 2. The Morgan fingerprint density at radius 1 is 1.33 bits per heavy atom. The zero-order chi connectivity index (χ0) is 13.3. The van der Waals surface area contributed by atoms with Gasteiger partial charge in [-0.3, -0.25) is 0 Å². The minimum atomic E-state index is 0.461. The third-order valence-corrected chi connectivity index (χ3v) is 3.67. The van der Waals surface area contributed by atoms with Crippen LogP contribution in [-0.2, 0) is 0 Å². The number of hydrogen-bond donors (Lipinski definition) is 0. The lowest BCUT2D eigenvalue weighted by Gasteiger charge is -2.27. The Labute approximate surface area is 115 Å². The second-order valence-corrected chi connectivity index (χ2v) is 6.16. The summed E-state index contributed by atoms with van der Waals surface area (Å²) in [4.78, 5) is 11.2. The van der Waals surface area contributed by atoms with Gasteiger partial charge in [0.15, 0.2) is 0 Å². The van der Waals surface area contributed by atoms with Crippen LogP contribution >= 0.6 is 11.6 Å². The average Bonchev–Trinajstić information content (AvgIpc) is 3.09. The number of nitrogens with zero attached hydrogens (tertiary/aromatic N) is 3. The van der Waals surface area contributed by atoms with Crippen molar-refractivity contribution in [3.8, 4) is 0 Å². The van der Waals surface area contributed by atoms with Crippen molar-refractivity contribution < 1.29 is 0 Å². The van der Waals surface area contributed by atoms with Crippen molar-refractivity contribution in [2.45, 2.75) is 52.0 Å². The number of rotatable bonds is 5. The molecule has 0 amide bonds. The van der Waals surface area contributed by atoms with E-state index in [1.807, 2.05) is 6.07 Å². The largest absolute Gasteiger partial charge is 0.357 e. The van der Waals surface area contributed by atoms with Gasteiger partial charge in [-0.15, -0.1) is 0 Å². The van der Waals surface area contributed by atoms with Gasteiger partial charge in [-0.25, -0.2) is 9.97 Å². The van der Waals surface area contributed by atoms with Crippen LogP contribution in [0.15, 0.2) is 6.07 Å². The Kier molecular flexibility index (Phi) is 4.10. The first-order chi connectivity index (χ1) is 8.47. The van der Waals surface area contributed by atoms with Crippen LogP contribution in [0.4, 0.5) is 5.82 Å². The van der Waals surface area contributed by atoms with Crippen LogP contribution in [0.5, 0.6) is 0 Å². The zero-order valence-corrected chi connectivity index (χ0v) is 12.4. The lowest BCUT2D eigenvalue weighted by Crippen LogP contribution is -2.31. The van der Waals surface area contributed by atoms with Gasteiger partial charge in [0.05, 0.1) is 0 Å². The summed E-state index contributed by atoms with van der Waals surface area (Å²) in [6.07, 6.45) is 3.55. The number of halogens is 1. The molecule has 2 rings (SSSR count). The standard InChI is InChI=1S/C14H22ClN3/c1-9(2)7-10(3)18(4)13-8-12(15)16-14(17-13)11-5-6-11/h8-11H,5-7H2,1-4H3. The number of hydrogen-bond acceptors (Lipinski definition) is 3. The monoisotopic (exact) mass is 267 g/mol. The van der Waals surface area contributed by atoms with E-state index in [1.165, 1.54) is 12.8 Å². The molecule has 0 spiro atoms. The Bertz CT molecular complexity index is 416. The maximum atomic E-state index is 6.10. The molecule has 0 saturated heterocycles. The van der Waals surface area contributed by atoms with E-state index >= 15 is 0 Å². The molecular formula is C14H22ClN3. The average molecular weight is 268 g/mol. The molecule has 100 valence electrons. The lowest BCUT2D eigenvalue weighted by atomic mass is 10.0. The Morgan fingerprint density at radius 2 is 2.00 bits per heavy atom. The van der Waals surface area contributed by atoms with Crippen molar-refractivity contribution in [1.82, 2.24) is 9.97 Å². The molecule has 1 heterocycles. The van der Waals surface area contributed by atoms with Crippen molar-refractivity contribution in [2.75, 3.05) is 11.9 Å². The minimum Gasteiger partial charge on any atom is -0.357 e. The summed E-state index contributed by atoms with van der Waals surface area (Å²) < 4.78 is 0. The Morgan fingerprint density at radius 3 is 2.56 bits per heavy atom. The fourth-order valence-electron chi connectivity index (χ4n) is 2.19. The van der Waals surface area contributed by atoms with E-state index in [9.17, 15) is 0 Å². The molecule has 3 nitrogen and oxygen atoms in total. The van der Waals surface area contributed by atoms with Gasteiger partial charge in [0.1, 0.15) is 16.8 Å². The van der Waals surface area contributed by atoms with Crippen LogP contribution in [0.1, 0.15) is 51.8 Å². The van der Waals surface area contributed by atoms with E-state index in [4.69, 9.17) is 11.6 Å². The molecular weight excluding hydrogens is 246 g/mol. The van der Waals surface area contributed by atoms with Crippen LogP contribution in [0.2, 0.25) is 5.15 Å². The molecule has 0 aromatic carbocycles. The van der Waals surface area contributed by atoms with Crippen molar-refractivity contribution in [3.63, 3.8) is 0 Å². The maximum Gasteiger partial charge on any atom is 0.135 e. The first kappa shape index (κ1) is 13.6. The summed E-state index contributed by atoms with van der Waals surface area (Å²) in [6.45, 7) is 6.71. The normalized spacial score (nSPS) is 17.0. The Balaban J connectivity index is 2.15. The van der Waals surface area contributed by atoms with Gasteiger partial charge in [0.25, 0.3) is 0 Å². The van der Waals surface area contributed by atoms with Crippen LogP contribution in [0.3, 0.4) is 0 Å². The molecule has 0 radical (unpaired) electrons. The highest BCUT2D eigenvalue weighted by atomic mass is 35.5. The second kappa shape index (κ2) is 5.43. The highest BCUT2D eigenvalue weighted by Gasteiger charge is 2.28. The van der Waals surface area contributed by atoms with Gasteiger partial charge in [-0.1, -0.05) is 25.4 Å². The Hall–Kier alpha value is -0.830. The van der Waals surface area contributed by atoms with E-state index in [0.717, 1.165) is 18.1 Å². The van der Waals surface area contributed by atoms with Gasteiger partial charge in [-0.2, -0.15) is 0 Å². The fourth-order valence-corrected chi connectivity index (χ4v) is 2.38. The maximum absolute atomic E-state index is 6.10. The molecule has 4 heteroatoms. The first-order valence-electron chi connectivity index (χ1n) is 6.74. The predicted molar refractivity (Wildman–Crippen MR) is 76.3 cm³/mol. The van der Waals surface area contributed by atoms with Crippen LogP contribution in [0.25, 0.3) is 0 Å². The van der Waals surface area contributed by atoms with Crippen LogP contribution in [0, 0.1) is 5.92 Å². The van der Waals surface area contributed by atoms with E-state index < -0.39 is 0 Å². The molecule has 0 N–H and O–H groups in total. The summed E-state index contributed by atoms with van der Waals surface area (Å²) in [6, 6.07) is 2.33. The summed E-state index contributed by atoms with van der Waals surface area (Å²) in [5, 5.41) is 0.561. The summed E-state index contributed by atoms with van der Waals surface area (Å²) in [7, 11) is 2.09. The zero-order valence-electron chi connectivity index (χ0n) is 11.7. The second-order valence-electron chi connectivity index (χ2n) is 5.77. The molecule has 1 aromatic rings. The molecule has 1 aromatic heterocycles. The molecule has 1 aliphatic rings. The molecule has 18 heavy (non-hydrogen) atoms. The van der Waals surface area contributed by atoms with E-state index in [1.54, 1.807) is 0 Å². The van der Waals surface area contributed by atoms with E-state index in [-0.39, 0.29) is 0 Å². The van der Waals surface area contributed by atoms with Crippen molar-refractivity contribution in [1.29, 1.82) is 0 Å². The fraction of sp³-hybridized carbons (Fsp3) is 0.714. The minimum absolute atomic E-state index is 0.461.